The Morgan fingerprint density at radius 3 is 2.82 bits per heavy atom. The van der Waals surface area contributed by atoms with E-state index in [0.717, 1.165) is 0 Å². The molecule has 11 heavy (non-hydrogen) atoms. The second-order valence-electron chi connectivity index (χ2n) is 1.80. The van der Waals surface area contributed by atoms with E-state index in [1.807, 2.05) is 13.0 Å². The molecule has 56 valence electrons. The molecular formula is C7H7N3O. The van der Waals surface area contributed by atoms with Crippen molar-refractivity contribution in [1.82, 2.24) is 10.2 Å². The van der Waals surface area contributed by atoms with Gasteiger partial charge in [-0.15, -0.1) is 10.2 Å². The van der Waals surface area contributed by atoms with Crippen LogP contribution in [0.1, 0.15) is 12.6 Å². The molecule has 1 heterocycles. The standard InChI is InChI=1S/C7H7N3O/c1-2-11-7-4-3-6(5-8)9-10-7/h3-4H,2H2,1H3. The Balaban J connectivity index is 2.76. The van der Waals surface area contributed by atoms with Gasteiger partial charge in [0, 0.05) is 6.07 Å². The van der Waals surface area contributed by atoms with Crippen LogP contribution < -0.4 is 4.74 Å². The van der Waals surface area contributed by atoms with E-state index in [-0.39, 0.29) is 0 Å². The summed E-state index contributed by atoms with van der Waals surface area (Å²) in [6.45, 7) is 2.42. The number of hydrogen-bond acceptors (Lipinski definition) is 4. The highest BCUT2D eigenvalue weighted by Gasteiger charge is 1.94. The quantitative estimate of drug-likeness (QED) is 0.622. The molecule has 0 atom stereocenters. The number of aromatic nitrogens is 2. The van der Waals surface area contributed by atoms with Gasteiger partial charge in [-0.05, 0) is 13.0 Å². The second-order valence-corrected chi connectivity index (χ2v) is 1.80. The predicted molar refractivity (Wildman–Crippen MR) is 37.9 cm³/mol. The molecular weight excluding hydrogens is 142 g/mol. The summed E-state index contributed by atoms with van der Waals surface area (Å²) in [6, 6.07) is 5.05. The van der Waals surface area contributed by atoms with Crippen molar-refractivity contribution < 1.29 is 4.74 Å². The van der Waals surface area contributed by atoms with Gasteiger partial charge in [0.1, 0.15) is 6.07 Å². The Kier molecular flexibility index (Phi) is 2.39. The van der Waals surface area contributed by atoms with Gasteiger partial charge in [-0.1, -0.05) is 0 Å². The Morgan fingerprint density at radius 2 is 2.36 bits per heavy atom. The van der Waals surface area contributed by atoms with Crippen LogP contribution >= 0.6 is 0 Å². The molecule has 4 heteroatoms. The third-order valence-corrected chi connectivity index (χ3v) is 1.05. The van der Waals surface area contributed by atoms with Crippen molar-refractivity contribution in [1.29, 1.82) is 5.26 Å². The van der Waals surface area contributed by atoms with Crippen LogP contribution in [0.5, 0.6) is 5.88 Å². The van der Waals surface area contributed by atoms with E-state index >= 15 is 0 Å². The van der Waals surface area contributed by atoms with Crippen molar-refractivity contribution >= 4 is 0 Å². The van der Waals surface area contributed by atoms with Crippen molar-refractivity contribution in [2.45, 2.75) is 6.92 Å². The van der Waals surface area contributed by atoms with Crippen molar-refractivity contribution in [2.75, 3.05) is 6.61 Å². The first kappa shape index (κ1) is 7.48. The molecule has 0 saturated carbocycles. The van der Waals surface area contributed by atoms with Crippen LogP contribution in [-0.4, -0.2) is 16.8 Å². The Labute approximate surface area is 64.4 Å². The van der Waals surface area contributed by atoms with Gasteiger partial charge >= 0.3 is 0 Å². The summed E-state index contributed by atoms with van der Waals surface area (Å²) < 4.78 is 5.02. The van der Waals surface area contributed by atoms with Gasteiger partial charge in [0.05, 0.1) is 6.61 Å². The van der Waals surface area contributed by atoms with Crippen LogP contribution in [0.15, 0.2) is 12.1 Å². The monoisotopic (exact) mass is 149 g/mol. The third kappa shape index (κ3) is 1.90. The minimum atomic E-state index is 0.299. The molecule has 0 aliphatic rings. The zero-order valence-corrected chi connectivity index (χ0v) is 6.11. The molecule has 0 N–H and O–H groups in total. The Bertz CT molecular complexity index is 262. The number of nitrogens with zero attached hydrogens (tertiary/aromatic N) is 3. The molecule has 4 nitrogen and oxygen atoms in total. The highest BCUT2D eigenvalue weighted by molar-refractivity contribution is 5.21. The largest absolute Gasteiger partial charge is 0.477 e. The summed E-state index contributed by atoms with van der Waals surface area (Å²) in [7, 11) is 0. The van der Waals surface area contributed by atoms with Crippen LogP contribution in [0.4, 0.5) is 0 Å². The van der Waals surface area contributed by atoms with E-state index in [2.05, 4.69) is 10.2 Å². The first-order valence-electron chi connectivity index (χ1n) is 3.23. The fourth-order valence-corrected chi connectivity index (χ4v) is 0.605. The molecule has 0 bridgehead atoms. The van der Waals surface area contributed by atoms with Gasteiger partial charge in [0.25, 0.3) is 0 Å². The molecule has 0 saturated heterocycles. The predicted octanol–water partition coefficient (Wildman–Crippen LogP) is 0.747. The molecule has 1 aromatic rings. The fraction of sp³-hybridized carbons (Fsp3) is 0.286. The highest BCUT2D eigenvalue weighted by atomic mass is 16.5. The van der Waals surface area contributed by atoms with E-state index in [1.165, 1.54) is 0 Å². The maximum Gasteiger partial charge on any atom is 0.233 e. The van der Waals surface area contributed by atoms with Crippen LogP contribution in [0.3, 0.4) is 0 Å². The van der Waals surface area contributed by atoms with Gasteiger partial charge in [0.2, 0.25) is 5.88 Å². The summed E-state index contributed by atoms with van der Waals surface area (Å²) in [5.41, 5.74) is 0.299. The summed E-state index contributed by atoms with van der Waals surface area (Å²) in [5, 5.41) is 15.6. The normalized spacial score (nSPS) is 8.73. The number of hydrogen-bond donors (Lipinski definition) is 0. The maximum absolute atomic E-state index is 8.37. The molecule has 1 aromatic heterocycles. The van der Waals surface area contributed by atoms with Crippen molar-refractivity contribution in [3.63, 3.8) is 0 Å². The summed E-state index contributed by atoms with van der Waals surface area (Å²) >= 11 is 0. The van der Waals surface area contributed by atoms with Gasteiger partial charge in [-0.2, -0.15) is 5.26 Å². The lowest BCUT2D eigenvalue weighted by atomic mass is 10.4. The third-order valence-electron chi connectivity index (χ3n) is 1.05. The zero-order valence-electron chi connectivity index (χ0n) is 6.11. The molecule has 0 aromatic carbocycles. The minimum absolute atomic E-state index is 0.299. The Hall–Kier alpha value is -1.63. The van der Waals surface area contributed by atoms with Crippen LogP contribution in [-0.2, 0) is 0 Å². The van der Waals surface area contributed by atoms with Gasteiger partial charge in [-0.3, -0.25) is 0 Å². The highest BCUT2D eigenvalue weighted by Crippen LogP contribution is 2.02. The van der Waals surface area contributed by atoms with Crippen molar-refractivity contribution in [3.8, 4) is 11.9 Å². The van der Waals surface area contributed by atoms with E-state index in [0.29, 0.717) is 18.2 Å². The molecule has 1 rings (SSSR count). The summed E-state index contributed by atoms with van der Waals surface area (Å²) in [4.78, 5) is 0. The first-order valence-corrected chi connectivity index (χ1v) is 3.23. The van der Waals surface area contributed by atoms with Gasteiger partial charge < -0.3 is 4.74 Å². The average molecular weight is 149 g/mol. The lowest BCUT2D eigenvalue weighted by Crippen LogP contribution is -1.96. The SMILES string of the molecule is CCOc1ccc(C#N)nn1. The number of ether oxygens (including phenoxy) is 1. The maximum atomic E-state index is 8.37. The molecule has 0 aliphatic carbocycles. The molecule has 0 spiro atoms. The first-order chi connectivity index (χ1) is 5.36. The lowest BCUT2D eigenvalue weighted by molar-refractivity contribution is 0.322. The van der Waals surface area contributed by atoms with Crippen molar-refractivity contribution in [2.24, 2.45) is 0 Å². The van der Waals surface area contributed by atoms with E-state index in [4.69, 9.17) is 10.00 Å². The van der Waals surface area contributed by atoms with Crippen molar-refractivity contribution in [3.05, 3.63) is 17.8 Å². The average Bonchev–Trinajstić information content (AvgIpc) is 2.07. The van der Waals surface area contributed by atoms with Crippen LogP contribution in [0.2, 0.25) is 0 Å². The second kappa shape index (κ2) is 3.52. The molecule has 0 amide bonds. The van der Waals surface area contributed by atoms with E-state index in [1.54, 1.807) is 12.1 Å². The number of nitriles is 1. The number of rotatable bonds is 2. The van der Waals surface area contributed by atoms with Crippen LogP contribution in [0.25, 0.3) is 0 Å². The Morgan fingerprint density at radius 1 is 1.55 bits per heavy atom. The minimum Gasteiger partial charge on any atom is -0.477 e. The van der Waals surface area contributed by atoms with E-state index < -0.39 is 0 Å². The van der Waals surface area contributed by atoms with Crippen LogP contribution in [0, 0.1) is 11.3 Å². The summed E-state index contributed by atoms with van der Waals surface area (Å²) in [6.07, 6.45) is 0. The topological polar surface area (TPSA) is 58.8 Å². The molecule has 0 aliphatic heterocycles. The smallest absolute Gasteiger partial charge is 0.233 e. The fourth-order valence-electron chi connectivity index (χ4n) is 0.605. The lowest BCUT2D eigenvalue weighted by Gasteiger charge is -1.97. The molecule has 0 fully saturated rings. The van der Waals surface area contributed by atoms with Gasteiger partial charge in [0.15, 0.2) is 5.69 Å². The van der Waals surface area contributed by atoms with E-state index in [9.17, 15) is 0 Å². The molecule has 0 unspecified atom stereocenters. The molecule has 0 radical (unpaired) electrons. The van der Waals surface area contributed by atoms with Gasteiger partial charge in [-0.25, -0.2) is 0 Å². The zero-order chi connectivity index (χ0) is 8.10. The summed E-state index contributed by atoms with van der Waals surface area (Å²) in [5.74, 6) is 0.450.